The highest BCUT2D eigenvalue weighted by molar-refractivity contribution is 6.05. The van der Waals surface area contributed by atoms with Gasteiger partial charge in [-0.05, 0) is 24.6 Å². The third-order valence-corrected chi connectivity index (χ3v) is 2.84. The van der Waals surface area contributed by atoms with E-state index in [1.165, 1.54) is 0 Å². The predicted molar refractivity (Wildman–Crippen MR) is 56.7 cm³/mol. The Morgan fingerprint density at radius 2 is 1.95 bits per heavy atom. The summed E-state index contributed by atoms with van der Waals surface area (Å²) in [5.41, 5.74) is -1.85. The highest BCUT2D eigenvalue weighted by Gasteiger charge is 2.35. The SMILES string of the molecule is O=C1CCCN1C(=O)c1ccc(F)c(C(F)(F)F)c1. The third kappa shape index (κ3) is 2.59. The standard InChI is InChI=1S/C12H9F4NO2/c13-9-4-3-7(6-8(9)12(14,15)16)11(19)17-5-1-2-10(17)18/h3-4,6H,1-2,5H2. The minimum atomic E-state index is -4.88. The van der Waals surface area contributed by atoms with Crippen molar-refractivity contribution < 1.29 is 27.2 Å². The highest BCUT2D eigenvalue weighted by atomic mass is 19.4. The summed E-state index contributed by atoms with van der Waals surface area (Å²) in [7, 11) is 0. The minimum absolute atomic E-state index is 0.177. The molecule has 1 aliphatic heterocycles. The van der Waals surface area contributed by atoms with E-state index in [1.807, 2.05) is 0 Å². The van der Waals surface area contributed by atoms with E-state index in [-0.39, 0.29) is 18.5 Å². The summed E-state index contributed by atoms with van der Waals surface area (Å²) < 4.78 is 50.6. The summed E-state index contributed by atoms with van der Waals surface area (Å²) in [4.78, 5) is 24.1. The molecule has 0 bridgehead atoms. The molecule has 1 fully saturated rings. The van der Waals surface area contributed by atoms with Crippen molar-refractivity contribution in [2.75, 3.05) is 6.54 Å². The molecule has 1 aliphatic rings. The number of likely N-dealkylation sites (tertiary alicyclic amines) is 1. The maximum absolute atomic E-state index is 13.1. The van der Waals surface area contributed by atoms with Crippen LogP contribution in [0.3, 0.4) is 0 Å². The van der Waals surface area contributed by atoms with Gasteiger partial charge in [-0.1, -0.05) is 0 Å². The van der Waals surface area contributed by atoms with Crippen LogP contribution in [0, 0.1) is 5.82 Å². The number of halogens is 4. The number of hydrogen-bond donors (Lipinski definition) is 0. The largest absolute Gasteiger partial charge is 0.419 e. The number of rotatable bonds is 1. The molecule has 2 amide bonds. The summed E-state index contributed by atoms with van der Waals surface area (Å²) in [6.45, 7) is 0.177. The number of carbonyl (C=O) groups is 2. The fourth-order valence-corrected chi connectivity index (χ4v) is 1.89. The molecule has 1 heterocycles. The smallest absolute Gasteiger partial charge is 0.279 e. The number of imide groups is 1. The van der Waals surface area contributed by atoms with Crippen LogP contribution in [-0.4, -0.2) is 23.3 Å². The lowest BCUT2D eigenvalue weighted by molar-refractivity contribution is -0.140. The Bertz CT molecular complexity index is 539. The van der Waals surface area contributed by atoms with E-state index in [0.29, 0.717) is 18.6 Å². The van der Waals surface area contributed by atoms with Crippen LogP contribution in [0.1, 0.15) is 28.8 Å². The van der Waals surface area contributed by atoms with Crippen LogP contribution in [0.15, 0.2) is 18.2 Å². The fourth-order valence-electron chi connectivity index (χ4n) is 1.89. The summed E-state index contributed by atoms with van der Waals surface area (Å²) >= 11 is 0. The van der Waals surface area contributed by atoms with Gasteiger partial charge in [-0.15, -0.1) is 0 Å². The van der Waals surface area contributed by atoms with Gasteiger partial charge in [0, 0.05) is 18.5 Å². The first-order valence-electron chi connectivity index (χ1n) is 5.52. The summed E-state index contributed by atoms with van der Waals surface area (Å²) in [6.07, 6.45) is -4.20. The van der Waals surface area contributed by atoms with Gasteiger partial charge in [-0.2, -0.15) is 13.2 Å². The van der Waals surface area contributed by atoms with Gasteiger partial charge in [0.2, 0.25) is 5.91 Å². The van der Waals surface area contributed by atoms with Gasteiger partial charge in [-0.3, -0.25) is 14.5 Å². The molecule has 19 heavy (non-hydrogen) atoms. The van der Waals surface area contributed by atoms with Crippen molar-refractivity contribution in [2.24, 2.45) is 0 Å². The van der Waals surface area contributed by atoms with Crippen LogP contribution in [-0.2, 0) is 11.0 Å². The Labute approximate surface area is 105 Å². The molecule has 3 nitrogen and oxygen atoms in total. The second-order valence-electron chi connectivity index (χ2n) is 4.15. The van der Waals surface area contributed by atoms with Gasteiger partial charge in [-0.25, -0.2) is 4.39 Å². The molecule has 1 saturated heterocycles. The van der Waals surface area contributed by atoms with Gasteiger partial charge in [0.1, 0.15) is 5.82 Å². The van der Waals surface area contributed by atoms with Crippen LogP contribution in [0.5, 0.6) is 0 Å². The Morgan fingerprint density at radius 1 is 1.26 bits per heavy atom. The van der Waals surface area contributed by atoms with Crippen molar-refractivity contribution in [3.8, 4) is 0 Å². The van der Waals surface area contributed by atoms with Crippen LogP contribution < -0.4 is 0 Å². The van der Waals surface area contributed by atoms with Crippen molar-refractivity contribution >= 4 is 11.8 Å². The molecule has 102 valence electrons. The Hall–Kier alpha value is -1.92. The van der Waals surface area contributed by atoms with E-state index in [0.717, 1.165) is 11.0 Å². The topological polar surface area (TPSA) is 37.4 Å². The van der Waals surface area contributed by atoms with E-state index in [1.54, 1.807) is 0 Å². The molecular weight excluding hydrogens is 266 g/mol. The summed E-state index contributed by atoms with van der Waals surface area (Å²) in [5, 5.41) is 0. The average Bonchev–Trinajstić information content (AvgIpc) is 2.73. The zero-order valence-electron chi connectivity index (χ0n) is 9.63. The Balaban J connectivity index is 2.36. The first-order valence-corrected chi connectivity index (χ1v) is 5.52. The molecule has 1 aromatic rings. The first-order chi connectivity index (χ1) is 8.80. The molecule has 0 N–H and O–H groups in total. The monoisotopic (exact) mass is 275 g/mol. The number of alkyl halides is 3. The van der Waals surface area contributed by atoms with Crippen molar-refractivity contribution in [1.29, 1.82) is 0 Å². The van der Waals surface area contributed by atoms with Crippen LogP contribution >= 0.6 is 0 Å². The Morgan fingerprint density at radius 3 is 2.47 bits per heavy atom. The lowest BCUT2D eigenvalue weighted by Gasteiger charge is -2.15. The van der Waals surface area contributed by atoms with Gasteiger partial charge in [0.25, 0.3) is 5.91 Å². The van der Waals surface area contributed by atoms with E-state index >= 15 is 0 Å². The molecule has 7 heteroatoms. The van der Waals surface area contributed by atoms with Crippen molar-refractivity contribution in [1.82, 2.24) is 4.90 Å². The second kappa shape index (κ2) is 4.64. The maximum atomic E-state index is 13.1. The molecule has 0 unspecified atom stereocenters. The molecule has 0 spiro atoms. The molecule has 0 aromatic heterocycles. The number of benzene rings is 1. The number of amides is 2. The number of hydrogen-bond acceptors (Lipinski definition) is 2. The van der Waals surface area contributed by atoms with Gasteiger partial charge >= 0.3 is 6.18 Å². The van der Waals surface area contributed by atoms with Crippen molar-refractivity contribution in [2.45, 2.75) is 19.0 Å². The second-order valence-corrected chi connectivity index (χ2v) is 4.15. The minimum Gasteiger partial charge on any atom is -0.279 e. The van der Waals surface area contributed by atoms with E-state index < -0.39 is 29.4 Å². The highest BCUT2D eigenvalue weighted by Crippen LogP contribution is 2.32. The average molecular weight is 275 g/mol. The van der Waals surface area contributed by atoms with Gasteiger partial charge in [0.15, 0.2) is 0 Å². The molecular formula is C12H9F4NO2. The molecule has 0 atom stereocenters. The normalized spacial score (nSPS) is 16.0. The van der Waals surface area contributed by atoms with Gasteiger partial charge in [0.05, 0.1) is 5.56 Å². The van der Waals surface area contributed by atoms with Crippen LogP contribution in [0.4, 0.5) is 17.6 Å². The molecule has 0 radical (unpaired) electrons. The van der Waals surface area contributed by atoms with E-state index in [2.05, 4.69) is 0 Å². The first kappa shape index (κ1) is 13.5. The summed E-state index contributed by atoms with van der Waals surface area (Å²) in [6, 6.07) is 1.96. The van der Waals surface area contributed by atoms with Crippen molar-refractivity contribution in [3.63, 3.8) is 0 Å². The lowest BCUT2D eigenvalue weighted by atomic mass is 10.1. The van der Waals surface area contributed by atoms with Crippen LogP contribution in [0.25, 0.3) is 0 Å². The number of nitrogens with zero attached hydrogens (tertiary/aromatic N) is 1. The third-order valence-electron chi connectivity index (χ3n) is 2.84. The zero-order valence-corrected chi connectivity index (χ0v) is 9.63. The zero-order chi connectivity index (χ0) is 14.2. The molecule has 2 rings (SSSR count). The number of carbonyl (C=O) groups excluding carboxylic acids is 2. The quantitative estimate of drug-likeness (QED) is 0.583. The summed E-state index contributed by atoms with van der Waals surface area (Å²) in [5.74, 6) is -2.70. The van der Waals surface area contributed by atoms with Crippen molar-refractivity contribution in [3.05, 3.63) is 35.1 Å². The Kier molecular flexibility index (Phi) is 3.30. The van der Waals surface area contributed by atoms with Crippen LogP contribution in [0.2, 0.25) is 0 Å². The van der Waals surface area contributed by atoms with E-state index in [9.17, 15) is 27.2 Å². The van der Waals surface area contributed by atoms with Gasteiger partial charge < -0.3 is 0 Å². The fraction of sp³-hybridized carbons (Fsp3) is 0.333. The maximum Gasteiger partial charge on any atom is 0.419 e. The molecule has 0 aliphatic carbocycles. The van der Waals surface area contributed by atoms with E-state index in [4.69, 9.17) is 0 Å². The molecule has 0 saturated carbocycles. The lowest BCUT2D eigenvalue weighted by Crippen LogP contribution is -2.32. The predicted octanol–water partition coefficient (Wildman–Crippen LogP) is 2.61. The molecule has 1 aromatic carbocycles.